The van der Waals surface area contributed by atoms with Gasteiger partial charge in [-0.2, -0.15) is 0 Å². The van der Waals surface area contributed by atoms with E-state index in [4.69, 9.17) is 0 Å². The first-order valence-corrected chi connectivity index (χ1v) is 4.23. The molecule has 0 saturated carbocycles. The number of likely N-dealkylation sites (tertiary alicyclic amines) is 1. The Balaban J connectivity index is 2.48. The van der Waals surface area contributed by atoms with Crippen molar-refractivity contribution < 1.29 is 4.65 Å². The van der Waals surface area contributed by atoms with Gasteiger partial charge in [-0.1, -0.05) is 0 Å². The lowest BCUT2D eigenvalue weighted by atomic mass is 10.1. The van der Waals surface area contributed by atoms with Gasteiger partial charge in [-0.05, 0) is 33.1 Å². The molecule has 0 radical (unpaired) electrons. The van der Waals surface area contributed by atoms with Gasteiger partial charge in [0.2, 0.25) is 0 Å². The van der Waals surface area contributed by atoms with Crippen LogP contribution < -0.4 is 0 Å². The number of hydrogen-bond acceptors (Lipinski definition) is 1. The van der Waals surface area contributed by atoms with Gasteiger partial charge in [-0.25, -0.2) is 0 Å². The van der Waals surface area contributed by atoms with Gasteiger partial charge in [0.25, 0.3) is 0 Å². The molecule has 10 heavy (non-hydrogen) atoms. The van der Waals surface area contributed by atoms with E-state index in [1.54, 1.807) is 0 Å². The van der Waals surface area contributed by atoms with Gasteiger partial charge in [0, 0.05) is 0 Å². The Labute approximate surface area is 63.0 Å². The lowest BCUT2D eigenvalue weighted by Crippen LogP contribution is -2.51. The number of nitrogens with zero attached hydrogens (tertiary/aromatic N) is 1. The van der Waals surface area contributed by atoms with Crippen molar-refractivity contribution in [3.8, 4) is 0 Å². The highest BCUT2D eigenvalue weighted by atomic mass is 16.5. The average Bonchev–Trinajstić information content (AvgIpc) is 1.89. The van der Waals surface area contributed by atoms with Crippen molar-refractivity contribution in [2.24, 2.45) is 0 Å². The van der Waals surface area contributed by atoms with Crippen molar-refractivity contribution in [2.45, 2.75) is 39.2 Å². The molecule has 1 rings (SSSR count). The van der Waals surface area contributed by atoms with Crippen LogP contribution in [-0.4, -0.2) is 23.8 Å². The summed E-state index contributed by atoms with van der Waals surface area (Å²) >= 11 is 0. The molecule has 2 heteroatoms. The maximum atomic E-state index is 11.8. The Bertz CT molecular complexity index is 106. The summed E-state index contributed by atoms with van der Waals surface area (Å²) in [5, 5.41) is 11.8. The van der Waals surface area contributed by atoms with E-state index in [9.17, 15) is 5.21 Å². The van der Waals surface area contributed by atoms with E-state index in [1.807, 2.05) is 13.8 Å². The van der Waals surface area contributed by atoms with Gasteiger partial charge in [-0.15, -0.1) is 0 Å². The molecule has 1 aliphatic heterocycles. The van der Waals surface area contributed by atoms with Crippen molar-refractivity contribution in [2.75, 3.05) is 13.1 Å². The molecule has 0 aromatic rings. The second-order valence-corrected chi connectivity index (χ2v) is 3.55. The highest BCUT2D eigenvalue weighted by molar-refractivity contribution is 4.56. The van der Waals surface area contributed by atoms with Crippen LogP contribution in [0, 0.1) is 5.21 Å². The Hall–Kier alpha value is -0.0800. The molecular formula is C8H17NO. The molecule has 0 aliphatic carbocycles. The van der Waals surface area contributed by atoms with Gasteiger partial charge in [0.05, 0.1) is 19.1 Å². The Morgan fingerprint density at radius 1 is 1.10 bits per heavy atom. The zero-order chi connectivity index (χ0) is 7.61. The molecule has 60 valence electrons. The fourth-order valence-corrected chi connectivity index (χ4v) is 1.56. The highest BCUT2D eigenvalue weighted by Crippen LogP contribution is 2.20. The monoisotopic (exact) mass is 143 g/mol. The minimum absolute atomic E-state index is 0.0556. The molecule has 0 spiro atoms. The second kappa shape index (κ2) is 2.89. The van der Waals surface area contributed by atoms with Gasteiger partial charge >= 0.3 is 0 Å². The topological polar surface area (TPSA) is 23.1 Å². The summed E-state index contributed by atoms with van der Waals surface area (Å²) in [5.41, 5.74) is 0. The predicted molar refractivity (Wildman–Crippen MR) is 42.3 cm³/mol. The van der Waals surface area contributed by atoms with Crippen LogP contribution in [0.1, 0.15) is 33.1 Å². The van der Waals surface area contributed by atoms with Crippen molar-refractivity contribution in [3.05, 3.63) is 5.21 Å². The van der Waals surface area contributed by atoms with Crippen LogP contribution in [0.3, 0.4) is 0 Å². The van der Waals surface area contributed by atoms with E-state index in [-0.39, 0.29) is 10.7 Å². The third-order valence-corrected chi connectivity index (χ3v) is 2.51. The van der Waals surface area contributed by atoms with E-state index in [0.717, 1.165) is 25.9 Å². The van der Waals surface area contributed by atoms with Crippen LogP contribution >= 0.6 is 0 Å². The molecule has 1 saturated heterocycles. The first-order chi connectivity index (χ1) is 4.65. The first kappa shape index (κ1) is 8.02. The maximum Gasteiger partial charge on any atom is 0.0830 e. The molecule has 0 N–H and O–H groups in total. The van der Waals surface area contributed by atoms with Gasteiger partial charge in [0.15, 0.2) is 0 Å². The first-order valence-electron chi connectivity index (χ1n) is 4.23. The highest BCUT2D eigenvalue weighted by Gasteiger charge is 2.23. The number of rotatable bonds is 1. The maximum absolute atomic E-state index is 11.8. The zero-order valence-corrected chi connectivity index (χ0v) is 6.97. The summed E-state index contributed by atoms with van der Waals surface area (Å²) in [4.78, 5) is 0. The Kier molecular flexibility index (Phi) is 2.32. The summed E-state index contributed by atoms with van der Waals surface area (Å²) in [7, 11) is 0. The van der Waals surface area contributed by atoms with Crippen molar-refractivity contribution in [1.29, 1.82) is 0 Å². The molecule has 1 aliphatic rings. The van der Waals surface area contributed by atoms with Crippen molar-refractivity contribution in [1.82, 2.24) is 0 Å². The molecule has 2 nitrogen and oxygen atoms in total. The molecule has 0 aromatic carbocycles. The lowest BCUT2D eigenvalue weighted by Gasteiger charge is -2.48. The second-order valence-electron chi connectivity index (χ2n) is 3.55. The molecule has 1 fully saturated rings. The smallest absolute Gasteiger partial charge is 0.0830 e. The summed E-state index contributed by atoms with van der Waals surface area (Å²) in [5.74, 6) is 0. The average molecular weight is 143 g/mol. The van der Waals surface area contributed by atoms with Crippen LogP contribution in [0.2, 0.25) is 0 Å². The molecule has 1 heterocycles. The molecular weight excluding hydrogens is 126 g/mol. The zero-order valence-electron chi connectivity index (χ0n) is 6.97. The van der Waals surface area contributed by atoms with Crippen LogP contribution in [0.15, 0.2) is 0 Å². The number of hydrogen-bond donors (Lipinski definition) is 0. The number of quaternary nitrogens is 1. The Morgan fingerprint density at radius 3 is 1.90 bits per heavy atom. The Morgan fingerprint density at radius 2 is 1.60 bits per heavy atom. The lowest BCUT2D eigenvalue weighted by molar-refractivity contribution is -0.906. The molecule has 0 atom stereocenters. The quantitative estimate of drug-likeness (QED) is 0.406. The van der Waals surface area contributed by atoms with Gasteiger partial charge in [0.1, 0.15) is 0 Å². The number of hydroxylamine groups is 3. The summed E-state index contributed by atoms with van der Waals surface area (Å²) in [6, 6.07) is 0.264. The normalized spacial score (nSPS) is 25.2. The van der Waals surface area contributed by atoms with Gasteiger partial charge < -0.3 is 9.85 Å². The van der Waals surface area contributed by atoms with Crippen LogP contribution in [0.25, 0.3) is 0 Å². The van der Waals surface area contributed by atoms with Crippen molar-refractivity contribution >= 4 is 0 Å². The third kappa shape index (κ3) is 1.50. The molecule has 0 bridgehead atoms. The third-order valence-electron chi connectivity index (χ3n) is 2.51. The standard InChI is InChI=1S/C8H17NO/c1-8(2)9(10)6-4-3-5-7-9/h8H,3-7H2,1-2H3. The predicted octanol–water partition coefficient (Wildman–Crippen LogP) is 1.89. The fraction of sp³-hybridized carbons (Fsp3) is 1.00. The van der Waals surface area contributed by atoms with E-state index in [2.05, 4.69) is 0 Å². The minimum Gasteiger partial charge on any atom is -0.633 e. The molecule has 0 amide bonds. The van der Waals surface area contributed by atoms with E-state index in [1.165, 1.54) is 6.42 Å². The van der Waals surface area contributed by atoms with E-state index < -0.39 is 0 Å². The van der Waals surface area contributed by atoms with E-state index in [0.29, 0.717) is 0 Å². The molecule has 0 aromatic heterocycles. The summed E-state index contributed by atoms with van der Waals surface area (Å²) < 4.78 is 0.0556. The minimum atomic E-state index is 0.0556. The van der Waals surface area contributed by atoms with Crippen LogP contribution in [0.4, 0.5) is 0 Å². The van der Waals surface area contributed by atoms with Gasteiger partial charge in [-0.3, -0.25) is 0 Å². The fourth-order valence-electron chi connectivity index (χ4n) is 1.56. The summed E-state index contributed by atoms with van der Waals surface area (Å²) in [6.07, 6.45) is 3.51. The van der Waals surface area contributed by atoms with E-state index >= 15 is 0 Å². The SMILES string of the molecule is CC(C)[N+]1([O-])CCCCC1. The largest absolute Gasteiger partial charge is 0.633 e. The summed E-state index contributed by atoms with van der Waals surface area (Å²) in [6.45, 7) is 5.74. The number of piperidine rings is 1. The van der Waals surface area contributed by atoms with Crippen molar-refractivity contribution in [3.63, 3.8) is 0 Å². The van der Waals surface area contributed by atoms with Crippen LogP contribution in [0.5, 0.6) is 0 Å². The van der Waals surface area contributed by atoms with Crippen LogP contribution in [-0.2, 0) is 0 Å². The molecule has 0 unspecified atom stereocenters.